The van der Waals surface area contributed by atoms with Gasteiger partial charge in [0, 0.05) is 30.4 Å². The molecule has 1 atom stereocenters. The molecule has 2 amide bonds. The maximum atomic E-state index is 12.7. The predicted molar refractivity (Wildman–Crippen MR) is 114 cm³/mol. The lowest BCUT2D eigenvalue weighted by Crippen LogP contribution is -2.40. The number of nitrogens with zero attached hydrogens (tertiary/aromatic N) is 1. The van der Waals surface area contributed by atoms with E-state index in [0.717, 1.165) is 29.7 Å². The molecule has 1 aliphatic heterocycles. The number of carbonyl (C=O) groups is 2. The molecule has 2 aromatic rings. The zero-order valence-electron chi connectivity index (χ0n) is 17.1. The maximum absolute atomic E-state index is 12.7. The molecule has 154 valence electrons. The first-order valence-electron chi connectivity index (χ1n) is 10.3. The number of amides is 2. The van der Waals surface area contributed by atoms with E-state index in [0.29, 0.717) is 32.8 Å². The minimum Gasteiger partial charge on any atom is -0.378 e. The smallest absolute Gasteiger partial charge is 0.264 e. The lowest BCUT2D eigenvalue weighted by atomic mass is 9.87. The number of fused-ring (bicyclic) bond motifs is 1. The molecule has 1 fully saturated rings. The number of aryl methyl sites for hydroxylation is 3. The number of rotatable bonds is 4. The second-order valence-electron chi connectivity index (χ2n) is 8.04. The minimum atomic E-state index is -0.0185. The summed E-state index contributed by atoms with van der Waals surface area (Å²) < 4.78 is 5.34. The standard InChI is InChI=1S/C23H28N2O3S/c1-15-3-4-17(11-16(15)2)14-24-22(26)18-5-6-20-19(12-18)13-21(29-20)23(27)25-7-9-28-10-8-25/h3-4,11,13,18H,5-10,12,14H2,1-2H3,(H,24,26)/t18-/m0/s1. The number of hydrogen-bond acceptors (Lipinski definition) is 4. The number of thiophene rings is 1. The van der Waals surface area contributed by atoms with Gasteiger partial charge in [0.2, 0.25) is 5.91 Å². The summed E-state index contributed by atoms with van der Waals surface area (Å²) in [6, 6.07) is 8.32. The highest BCUT2D eigenvalue weighted by Crippen LogP contribution is 2.33. The fraction of sp³-hybridized carbons (Fsp3) is 0.478. The van der Waals surface area contributed by atoms with Crippen molar-refractivity contribution < 1.29 is 14.3 Å². The molecule has 2 heterocycles. The van der Waals surface area contributed by atoms with Gasteiger partial charge in [-0.2, -0.15) is 0 Å². The van der Waals surface area contributed by atoms with Crippen LogP contribution in [0.3, 0.4) is 0 Å². The van der Waals surface area contributed by atoms with E-state index in [-0.39, 0.29) is 17.7 Å². The third-order valence-electron chi connectivity index (χ3n) is 6.00. The lowest BCUT2D eigenvalue weighted by molar-refractivity contribution is -0.125. The molecule has 6 heteroatoms. The fourth-order valence-electron chi connectivity index (χ4n) is 4.02. The molecule has 1 aromatic carbocycles. The average molecular weight is 413 g/mol. The SMILES string of the molecule is Cc1ccc(CNC(=O)[C@H]2CCc3sc(C(=O)N4CCOCC4)cc3C2)cc1C. The number of nitrogens with one attached hydrogen (secondary N) is 1. The van der Waals surface area contributed by atoms with Crippen molar-refractivity contribution in [2.45, 2.75) is 39.7 Å². The highest BCUT2D eigenvalue weighted by atomic mass is 32.1. The van der Waals surface area contributed by atoms with Gasteiger partial charge < -0.3 is 15.0 Å². The largest absolute Gasteiger partial charge is 0.378 e. The summed E-state index contributed by atoms with van der Waals surface area (Å²) in [6.45, 7) is 7.29. The van der Waals surface area contributed by atoms with Crippen LogP contribution in [0.2, 0.25) is 0 Å². The molecule has 0 saturated carbocycles. The molecule has 0 radical (unpaired) electrons. The topological polar surface area (TPSA) is 58.6 Å². The van der Waals surface area contributed by atoms with Crippen molar-refractivity contribution in [3.8, 4) is 0 Å². The first-order chi connectivity index (χ1) is 14.0. The molecule has 1 N–H and O–H groups in total. The second-order valence-corrected chi connectivity index (χ2v) is 9.18. The summed E-state index contributed by atoms with van der Waals surface area (Å²) in [4.78, 5) is 29.4. The van der Waals surface area contributed by atoms with Crippen LogP contribution in [-0.2, 0) is 28.9 Å². The second kappa shape index (κ2) is 8.67. The zero-order chi connectivity index (χ0) is 20.4. The lowest BCUT2D eigenvalue weighted by Gasteiger charge is -2.26. The molecular weight excluding hydrogens is 384 g/mol. The van der Waals surface area contributed by atoms with Gasteiger partial charge in [0.15, 0.2) is 0 Å². The van der Waals surface area contributed by atoms with Crippen molar-refractivity contribution in [1.29, 1.82) is 0 Å². The summed E-state index contributed by atoms with van der Waals surface area (Å²) in [5.41, 5.74) is 4.81. The summed E-state index contributed by atoms with van der Waals surface area (Å²) in [7, 11) is 0. The van der Waals surface area contributed by atoms with E-state index >= 15 is 0 Å². The van der Waals surface area contributed by atoms with Crippen LogP contribution < -0.4 is 5.32 Å². The summed E-state index contributed by atoms with van der Waals surface area (Å²) in [6.07, 6.45) is 2.44. The van der Waals surface area contributed by atoms with Crippen molar-refractivity contribution in [1.82, 2.24) is 10.2 Å². The van der Waals surface area contributed by atoms with Gasteiger partial charge >= 0.3 is 0 Å². The van der Waals surface area contributed by atoms with Crippen LogP contribution >= 0.6 is 11.3 Å². The Bertz CT molecular complexity index is 915. The number of ether oxygens (including phenoxy) is 1. The van der Waals surface area contributed by atoms with Crippen LogP contribution in [0.5, 0.6) is 0 Å². The van der Waals surface area contributed by atoms with Gasteiger partial charge in [-0.3, -0.25) is 9.59 Å². The highest BCUT2D eigenvalue weighted by molar-refractivity contribution is 7.14. The highest BCUT2D eigenvalue weighted by Gasteiger charge is 2.28. The molecule has 0 unspecified atom stereocenters. The predicted octanol–water partition coefficient (Wildman–Crippen LogP) is 3.26. The van der Waals surface area contributed by atoms with Gasteiger partial charge in [-0.1, -0.05) is 18.2 Å². The Morgan fingerprint density at radius 3 is 2.72 bits per heavy atom. The van der Waals surface area contributed by atoms with Gasteiger partial charge in [0.1, 0.15) is 0 Å². The van der Waals surface area contributed by atoms with Gasteiger partial charge in [0.05, 0.1) is 18.1 Å². The summed E-state index contributed by atoms with van der Waals surface area (Å²) in [5.74, 6) is 0.194. The Morgan fingerprint density at radius 1 is 1.17 bits per heavy atom. The van der Waals surface area contributed by atoms with E-state index in [9.17, 15) is 9.59 Å². The van der Waals surface area contributed by atoms with E-state index in [4.69, 9.17) is 4.74 Å². The van der Waals surface area contributed by atoms with Crippen molar-refractivity contribution in [3.63, 3.8) is 0 Å². The molecule has 4 rings (SSSR count). The number of benzene rings is 1. The number of carbonyl (C=O) groups excluding carboxylic acids is 2. The van der Waals surface area contributed by atoms with Crippen molar-refractivity contribution in [2.24, 2.45) is 5.92 Å². The van der Waals surface area contributed by atoms with E-state index in [2.05, 4.69) is 37.4 Å². The Kier molecular flexibility index (Phi) is 6.01. The van der Waals surface area contributed by atoms with Crippen LogP contribution in [0.15, 0.2) is 24.3 Å². The van der Waals surface area contributed by atoms with Crippen molar-refractivity contribution in [3.05, 3.63) is 56.3 Å². The first kappa shape index (κ1) is 20.1. The first-order valence-corrected chi connectivity index (χ1v) is 11.2. The van der Waals surface area contributed by atoms with Crippen LogP contribution in [-0.4, -0.2) is 43.0 Å². The van der Waals surface area contributed by atoms with Crippen LogP contribution in [0, 0.1) is 19.8 Å². The summed E-state index contributed by atoms with van der Waals surface area (Å²) in [5, 5.41) is 3.10. The maximum Gasteiger partial charge on any atom is 0.264 e. The molecule has 0 spiro atoms. The van der Waals surface area contributed by atoms with Crippen LogP contribution in [0.1, 0.15) is 43.2 Å². The monoisotopic (exact) mass is 412 g/mol. The average Bonchev–Trinajstić information content (AvgIpc) is 3.17. The van der Waals surface area contributed by atoms with Gasteiger partial charge in [-0.25, -0.2) is 0 Å². The third-order valence-corrected chi connectivity index (χ3v) is 7.23. The molecule has 1 aromatic heterocycles. The van der Waals surface area contributed by atoms with Gasteiger partial charge in [-0.05, 0) is 61.4 Å². The molecule has 5 nitrogen and oxygen atoms in total. The number of morpholine rings is 1. The quantitative estimate of drug-likeness (QED) is 0.839. The zero-order valence-corrected chi connectivity index (χ0v) is 17.9. The number of hydrogen-bond donors (Lipinski definition) is 1. The Morgan fingerprint density at radius 2 is 1.97 bits per heavy atom. The third kappa shape index (κ3) is 4.54. The van der Waals surface area contributed by atoms with Gasteiger partial charge in [0.25, 0.3) is 5.91 Å². The molecule has 1 aliphatic carbocycles. The van der Waals surface area contributed by atoms with Crippen LogP contribution in [0.25, 0.3) is 0 Å². The summed E-state index contributed by atoms with van der Waals surface area (Å²) >= 11 is 1.60. The molecular formula is C23H28N2O3S. The Hall–Kier alpha value is -2.18. The molecule has 0 bridgehead atoms. The van der Waals surface area contributed by atoms with E-state index in [1.165, 1.54) is 21.6 Å². The van der Waals surface area contributed by atoms with Crippen molar-refractivity contribution >= 4 is 23.2 Å². The normalized spacial score (nSPS) is 19.0. The van der Waals surface area contributed by atoms with Gasteiger partial charge in [-0.15, -0.1) is 11.3 Å². The van der Waals surface area contributed by atoms with E-state index < -0.39 is 0 Å². The molecule has 29 heavy (non-hydrogen) atoms. The molecule has 1 saturated heterocycles. The Balaban J connectivity index is 1.36. The van der Waals surface area contributed by atoms with Crippen LogP contribution in [0.4, 0.5) is 0 Å². The van der Waals surface area contributed by atoms with E-state index in [1.807, 2.05) is 11.0 Å². The van der Waals surface area contributed by atoms with E-state index in [1.54, 1.807) is 11.3 Å². The fourth-order valence-corrected chi connectivity index (χ4v) is 5.20. The van der Waals surface area contributed by atoms with Crippen molar-refractivity contribution in [2.75, 3.05) is 26.3 Å². The molecule has 2 aliphatic rings. The minimum absolute atomic E-state index is 0.0185. The Labute approximate surface area is 176 Å².